The summed E-state index contributed by atoms with van der Waals surface area (Å²) in [6, 6.07) is -0.336. The van der Waals surface area contributed by atoms with Crippen LogP contribution in [0, 0.1) is 5.92 Å². The standard InChI is InChI=1S/C14H26N2O5/c1-4-20-8-11(9(2)3)16-14(19)15-7-10-5-6-12(21-10)13(17)18/h9-12H,4-8H2,1-3H3,(H,17,18)(H2,15,16,19). The average Bonchev–Trinajstić information content (AvgIpc) is 2.90. The van der Waals surface area contributed by atoms with E-state index in [2.05, 4.69) is 10.6 Å². The number of hydrogen-bond donors (Lipinski definition) is 3. The van der Waals surface area contributed by atoms with Crippen molar-refractivity contribution in [1.82, 2.24) is 10.6 Å². The number of carbonyl (C=O) groups excluding carboxylic acids is 1. The number of rotatable bonds is 8. The van der Waals surface area contributed by atoms with Gasteiger partial charge in [0, 0.05) is 13.2 Å². The first-order chi connectivity index (χ1) is 9.93. The van der Waals surface area contributed by atoms with Crippen molar-refractivity contribution in [2.45, 2.75) is 51.9 Å². The Morgan fingerprint density at radius 3 is 2.62 bits per heavy atom. The maximum Gasteiger partial charge on any atom is 0.332 e. The van der Waals surface area contributed by atoms with Crippen LogP contribution >= 0.6 is 0 Å². The Hall–Kier alpha value is -1.34. The van der Waals surface area contributed by atoms with Gasteiger partial charge in [0.05, 0.1) is 18.8 Å². The molecule has 3 N–H and O–H groups in total. The molecular weight excluding hydrogens is 276 g/mol. The number of aliphatic carboxylic acids is 1. The van der Waals surface area contributed by atoms with Gasteiger partial charge in [0.15, 0.2) is 6.10 Å². The first-order valence-electron chi connectivity index (χ1n) is 7.44. The fourth-order valence-electron chi connectivity index (χ4n) is 2.11. The highest BCUT2D eigenvalue weighted by molar-refractivity contribution is 5.74. The summed E-state index contributed by atoms with van der Waals surface area (Å²) in [5, 5.41) is 14.4. The van der Waals surface area contributed by atoms with E-state index in [4.69, 9.17) is 14.6 Å². The van der Waals surface area contributed by atoms with E-state index >= 15 is 0 Å². The van der Waals surface area contributed by atoms with Crippen molar-refractivity contribution in [1.29, 1.82) is 0 Å². The molecule has 1 heterocycles. The van der Waals surface area contributed by atoms with E-state index < -0.39 is 12.1 Å². The summed E-state index contributed by atoms with van der Waals surface area (Å²) in [5.74, 6) is -0.681. The third kappa shape index (κ3) is 6.31. The molecule has 0 bridgehead atoms. The molecule has 122 valence electrons. The predicted molar refractivity (Wildman–Crippen MR) is 77.2 cm³/mol. The highest BCUT2D eigenvalue weighted by Crippen LogP contribution is 2.19. The van der Waals surface area contributed by atoms with Gasteiger partial charge in [0.1, 0.15) is 0 Å². The van der Waals surface area contributed by atoms with Crippen LogP contribution in [-0.2, 0) is 14.3 Å². The quantitative estimate of drug-likeness (QED) is 0.621. The molecule has 0 aromatic rings. The minimum atomic E-state index is -0.946. The second kappa shape index (κ2) is 8.84. The number of ether oxygens (including phenoxy) is 2. The first-order valence-corrected chi connectivity index (χ1v) is 7.44. The number of urea groups is 1. The van der Waals surface area contributed by atoms with Crippen molar-refractivity contribution in [3.63, 3.8) is 0 Å². The maximum absolute atomic E-state index is 11.8. The largest absolute Gasteiger partial charge is 0.479 e. The highest BCUT2D eigenvalue weighted by Gasteiger charge is 2.30. The molecule has 1 saturated heterocycles. The zero-order valence-electron chi connectivity index (χ0n) is 12.9. The third-order valence-electron chi connectivity index (χ3n) is 3.50. The van der Waals surface area contributed by atoms with Crippen LogP contribution in [0.5, 0.6) is 0 Å². The Morgan fingerprint density at radius 2 is 2.10 bits per heavy atom. The van der Waals surface area contributed by atoms with Gasteiger partial charge < -0.3 is 25.2 Å². The monoisotopic (exact) mass is 302 g/mol. The molecule has 1 aliphatic heterocycles. The summed E-state index contributed by atoms with van der Waals surface area (Å²) >= 11 is 0. The molecule has 0 saturated carbocycles. The summed E-state index contributed by atoms with van der Waals surface area (Å²) in [5.41, 5.74) is 0. The molecule has 0 radical (unpaired) electrons. The van der Waals surface area contributed by atoms with E-state index in [0.717, 1.165) is 0 Å². The lowest BCUT2D eigenvalue weighted by atomic mass is 10.1. The molecule has 2 amide bonds. The van der Waals surface area contributed by atoms with Crippen LogP contribution in [0.1, 0.15) is 33.6 Å². The van der Waals surface area contributed by atoms with Crippen molar-refractivity contribution in [3.8, 4) is 0 Å². The lowest BCUT2D eigenvalue weighted by molar-refractivity contribution is -0.149. The van der Waals surface area contributed by atoms with Crippen LogP contribution in [0.15, 0.2) is 0 Å². The lowest BCUT2D eigenvalue weighted by Gasteiger charge is -2.22. The fraction of sp³-hybridized carbons (Fsp3) is 0.857. The Balaban J connectivity index is 2.28. The van der Waals surface area contributed by atoms with E-state index in [-0.39, 0.29) is 24.1 Å². The van der Waals surface area contributed by atoms with E-state index in [9.17, 15) is 9.59 Å². The van der Waals surface area contributed by atoms with Gasteiger partial charge in [-0.15, -0.1) is 0 Å². The third-order valence-corrected chi connectivity index (χ3v) is 3.50. The van der Waals surface area contributed by atoms with Crippen molar-refractivity contribution in [2.75, 3.05) is 19.8 Å². The Kier molecular flexibility index (Phi) is 7.45. The molecule has 0 spiro atoms. The Bertz CT molecular complexity index is 348. The summed E-state index contributed by atoms with van der Waals surface area (Å²) in [4.78, 5) is 22.6. The normalized spacial score (nSPS) is 23.0. The molecular formula is C14H26N2O5. The van der Waals surface area contributed by atoms with Crippen LogP contribution in [0.4, 0.5) is 4.79 Å². The van der Waals surface area contributed by atoms with E-state index in [1.165, 1.54) is 0 Å². The average molecular weight is 302 g/mol. The van der Waals surface area contributed by atoms with E-state index in [0.29, 0.717) is 32.6 Å². The van der Waals surface area contributed by atoms with Crippen LogP contribution in [0.25, 0.3) is 0 Å². The highest BCUT2D eigenvalue weighted by atomic mass is 16.5. The Labute approximate surface area is 125 Å². The smallest absolute Gasteiger partial charge is 0.332 e. The van der Waals surface area contributed by atoms with Crippen LogP contribution in [-0.4, -0.2) is 55.1 Å². The van der Waals surface area contributed by atoms with Crippen LogP contribution in [0.2, 0.25) is 0 Å². The summed E-state index contributed by atoms with van der Waals surface area (Å²) in [6.45, 7) is 7.34. The first kappa shape index (κ1) is 17.7. The SMILES string of the molecule is CCOCC(NC(=O)NCC1CCC(C(=O)O)O1)C(C)C. The number of carbonyl (C=O) groups is 2. The van der Waals surface area contributed by atoms with Crippen LogP contribution in [0.3, 0.4) is 0 Å². The molecule has 1 aliphatic rings. The molecule has 7 nitrogen and oxygen atoms in total. The maximum atomic E-state index is 11.8. The summed E-state index contributed by atoms with van der Waals surface area (Å²) in [7, 11) is 0. The van der Waals surface area contributed by atoms with Crippen molar-refractivity contribution < 1.29 is 24.2 Å². The van der Waals surface area contributed by atoms with Gasteiger partial charge in [-0.05, 0) is 25.7 Å². The molecule has 0 aromatic heterocycles. The second-order valence-corrected chi connectivity index (χ2v) is 5.53. The molecule has 0 aliphatic carbocycles. The lowest BCUT2D eigenvalue weighted by Crippen LogP contribution is -2.48. The second-order valence-electron chi connectivity index (χ2n) is 5.53. The van der Waals surface area contributed by atoms with Gasteiger partial charge in [0.25, 0.3) is 0 Å². The van der Waals surface area contributed by atoms with E-state index in [1.54, 1.807) is 0 Å². The number of carboxylic acids is 1. The van der Waals surface area contributed by atoms with Gasteiger partial charge in [0.2, 0.25) is 0 Å². The van der Waals surface area contributed by atoms with Crippen molar-refractivity contribution in [2.24, 2.45) is 5.92 Å². The Morgan fingerprint density at radius 1 is 1.38 bits per heavy atom. The van der Waals surface area contributed by atoms with Gasteiger partial charge >= 0.3 is 12.0 Å². The number of hydrogen-bond acceptors (Lipinski definition) is 4. The number of carboxylic acid groups (broad SMARTS) is 1. The van der Waals surface area contributed by atoms with Gasteiger partial charge in [-0.2, -0.15) is 0 Å². The van der Waals surface area contributed by atoms with Gasteiger partial charge in [-0.25, -0.2) is 9.59 Å². The number of amides is 2. The zero-order chi connectivity index (χ0) is 15.8. The molecule has 3 unspecified atom stereocenters. The topological polar surface area (TPSA) is 96.9 Å². The summed E-state index contributed by atoms with van der Waals surface area (Å²) in [6.07, 6.45) is 0.147. The molecule has 3 atom stereocenters. The molecule has 1 rings (SSSR count). The molecule has 7 heteroatoms. The van der Waals surface area contributed by atoms with Crippen LogP contribution < -0.4 is 10.6 Å². The van der Waals surface area contributed by atoms with Gasteiger partial charge in [-0.3, -0.25) is 0 Å². The predicted octanol–water partition coefficient (Wildman–Crippen LogP) is 0.979. The molecule has 0 aromatic carbocycles. The fourth-order valence-corrected chi connectivity index (χ4v) is 2.11. The van der Waals surface area contributed by atoms with Crippen molar-refractivity contribution >= 4 is 12.0 Å². The van der Waals surface area contributed by atoms with Gasteiger partial charge in [-0.1, -0.05) is 13.8 Å². The van der Waals surface area contributed by atoms with Crippen molar-refractivity contribution in [3.05, 3.63) is 0 Å². The number of nitrogens with one attached hydrogen (secondary N) is 2. The summed E-state index contributed by atoms with van der Waals surface area (Å²) < 4.78 is 10.7. The minimum absolute atomic E-state index is 0.0544. The minimum Gasteiger partial charge on any atom is -0.479 e. The van der Waals surface area contributed by atoms with E-state index in [1.807, 2.05) is 20.8 Å². The zero-order valence-corrected chi connectivity index (χ0v) is 12.9. The molecule has 1 fully saturated rings. The molecule has 21 heavy (non-hydrogen) atoms.